The van der Waals surface area contributed by atoms with Crippen molar-refractivity contribution >= 4 is 57.3 Å². The molecule has 0 saturated heterocycles. The van der Waals surface area contributed by atoms with Crippen LogP contribution in [0.15, 0.2) is 17.2 Å². The predicted molar refractivity (Wildman–Crippen MR) is 103 cm³/mol. The summed E-state index contributed by atoms with van der Waals surface area (Å²) in [6.45, 7) is 2.17. The molecular formula is C15H20I2N2O2. The minimum atomic E-state index is -0.0810. The number of amides is 1. The molecule has 0 fully saturated rings. The Balaban J connectivity index is 2.39. The molecule has 1 aromatic carbocycles. The monoisotopic (exact) mass is 514 g/mol. The Kier molecular flexibility index (Phi) is 9.21. The molecule has 0 saturated carbocycles. The lowest BCUT2D eigenvalue weighted by Crippen LogP contribution is -2.16. The molecule has 1 rings (SSSR count). The summed E-state index contributed by atoms with van der Waals surface area (Å²) in [7, 11) is 0. The average molecular weight is 514 g/mol. The highest BCUT2D eigenvalue weighted by Gasteiger charge is 2.05. The zero-order valence-electron chi connectivity index (χ0n) is 12.0. The third kappa shape index (κ3) is 7.44. The Morgan fingerprint density at radius 2 is 2.00 bits per heavy atom. The van der Waals surface area contributed by atoms with Gasteiger partial charge in [0, 0.05) is 15.6 Å². The first-order valence-corrected chi connectivity index (χ1v) is 9.20. The molecule has 4 nitrogen and oxygen atoms in total. The van der Waals surface area contributed by atoms with E-state index < -0.39 is 0 Å². The average Bonchev–Trinajstić information content (AvgIpc) is 2.43. The number of phenolic OH excluding ortho intramolecular Hbond substituents is 1. The number of nitrogens with zero attached hydrogens (tertiary/aromatic N) is 1. The Morgan fingerprint density at radius 3 is 2.71 bits per heavy atom. The highest BCUT2D eigenvalue weighted by Crippen LogP contribution is 2.25. The third-order valence-corrected chi connectivity index (χ3v) is 4.40. The molecule has 1 amide bonds. The molecule has 0 heterocycles. The van der Waals surface area contributed by atoms with E-state index >= 15 is 0 Å². The molecule has 0 radical (unpaired) electrons. The highest BCUT2D eigenvalue weighted by molar-refractivity contribution is 14.1. The molecule has 0 spiro atoms. The van der Waals surface area contributed by atoms with Gasteiger partial charge in [0.15, 0.2) is 0 Å². The summed E-state index contributed by atoms with van der Waals surface area (Å²) >= 11 is 4.24. The van der Waals surface area contributed by atoms with Crippen LogP contribution in [0.2, 0.25) is 0 Å². The van der Waals surface area contributed by atoms with Crippen LogP contribution in [0, 0.1) is 7.14 Å². The number of unbranched alkanes of at least 4 members (excludes halogenated alkanes) is 4. The van der Waals surface area contributed by atoms with E-state index in [4.69, 9.17) is 0 Å². The van der Waals surface area contributed by atoms with Gasteiger partial charge in [-0.2, -0.15) is 5.10 Å². The molecule has 1 aromatic rings. The Labute approximate surface area is 153 Å². The largest absolute Gasteiger partial charge is 0.506 e. The van der Waals surface area contributed by atoms with Crippen molar-refractivity contribution in [2.75, 3.05) is 0 Å². The van der Waals surface area contributed by atoms with Gasteiger partial charge in [-0.1, -0.05) is 32.6 Å². The van der Waals surface area contributed by atoms with Gasteiger partial charge in [0.25, 0.3) is 0 Å². The second-order valence-corrected chi connectivity index (χ2v) is 7.19. The fourth-order valence-corrected chi connectivity index (χ4v) is 3.69. The first-order valence-electron chi connectivity index (χ1n) is 7.04. The number of rotatable bonds is 8. The quantitative estimate of drug-likeness (QED) is 0.234. The second kappa shape index (κ2) is 10.4. The molecule has 2 N–H and O–H groups in total. The van der Waals surface area contributed by atoms with Gasteiger partial charge in [0.05, 0.1) is 9.78 Å². The van der Waals surface area contributed by atoms with Crippen LogP contribution in [0.4, 0.5) is 0 Å². The number of nitrogens with one attached hydrogen (secondary N) is 1. The zero-order valence-corrected chi connectivity index (χ0v) is 16.3. The number of phenols is 1. The third-order valence-electron chi connectivity index (χ3n) is 2.96. The Hall–Kier alpha value is -0.380. The van der Waals surface area contributed by atoms with Crippen LogP contribution in [0.1, 0.15) is 51.0 Å². The van der Waals surface area contributed by atoms with Gasteiger partial charge in [-0.25, -0.2) is 5.43 Å². The molecule has 21 heavy (non-hydrogen) atoms. The van der Waals surface area contributed by atoms with E-state index in [2.05, 4.69) is 62.6 Å². The number of benzene rings is 1. The van der Waals surface area contributed by atoms with Crippen molar-refractivity contribution in [2.45, 2.75) is 45.4 Å². The highest BCUT2D eigenvalue weighted by atomic mass is 127. The molecule has 0 atom stereocenters. The smallest absolute Gasteiger partial charge is 0.240 e. The lowest BCUT2D eigenvalue weighted by atomic mass is 10.1. The van der Waals surface area contributed by atoms with Crippen molar-refractivity contribution in [3.8, 4) is 5.75 Å². The van der Waals surface area contributed by atoms with Crippen molar-refractivity contribution < 1.29 is 9.90 Å². The van der Waals surface area contributed by atoms with Gasteiger partial charge in [0.1, 0.15) is 5.75 Å². The van der Waals surface area contributed by atoms with Crippen molar-refractivity contribution in [3.63, 3.8) is 0 Å². The van der Waals surface area contributed by atoms with Crippen molar-refractivity contribution in [1.82, 2.24) is 5.43 Å². The molecule has 116 valence electrons. The minimum Gasteiger partial charge on any atom is -0.506 e. The van der Waals surface area contributed by atoms with Crippen LogP contribution in [-0.2, 0) is 4.79 Å². The maximum absolute atomic E-state index is 11.6. The lowest BCUT2D eigenvalue weighted by Gasteiger charge is -2.03. The molecule has 0 bridgehead atoms. The van der Waals surface area contributed by atoms with Crippen molar-refractivity contribution in [1.29, 1.82) is 0 Å². The number of carbonyl (C=O) groups excluding carboxylic acids is 1. The van der Waals surface area contributed by atoms with Gasteiger partial charge < -0.3 is 5.11 Å². The van der Waals surface area contributed by atoms with Crippen LogP contribution < -0.4 is 5.43 Å². The summed E-state index contributed by atoms with van der Waals surface area (Å²) in [5.74, 6) is 0.108. The van der Waals surface area contributed by atoms with Crippen LogP contribution in [0.5, 0.6) is 5.75 Å². The maximum Gasteiger partial charge on any atom is 0.240 e. The van der Waals surface area contributed by atoms with E-state index in [0.29, 0.717) is 12.0 Å². The van der Waals surface area contributed by atoms with Gasteiger partial charge in [-0.05, 0) is 63.7 Å². The summed E-state index contributed by atoms with van der Waals surface area (Å²) in [6, 6.07) is 3.70. The Morgan fingerprint density at radius 1 is 1.29 bits per heavy atom. The molecule has 0 unspecified atom stereocenters. The lowest BCUT2D eigenvalue weighted by molar-refractivity contribution is -0.121. The van der Waals surface area contributed by atoms with Gasteiger partial charge in [0.2, 0.25) is 5.91 Å². The number of hydrazone groups is 1. The molecule has 0 aliphatic carbocycles. The Bertz CT molecular complexity index is 505. The zero-order chi connectivity index (χ0) is 15.7. The fraction of sp³-hybridized carbons (Fsp3) is 0.467. The SMILES string of the molecule is CCCCCCCC(=O)NN=Cc1cc(I)cc(I)c1O. The van der Waals surface area contributed by atoms with Gasteiger partial charge in [-0.3, -0.25) is 4.79 Å². The normalized spacial score (nSPS) is 11.0. The van der Waals surface area contributed by atoms with Gasteiger partial charge >= 0.3 is 0 Å². The van der Waals surface area contributed by atoms with Crippen molar-refractivity contribution in [2.24, 2.45) is 5.10 Å². The van der Waals surface area contributed by atoms with E-state index in [1.54, 1.807) is 0 Å². The number of carbonyl (C=O) groups is 1. The molecule has 0 aromatic heterocycles. The molecule has 0 aliphatic heterocycles. The number of aromatic hydroxyl groups is 1. The number of hydrogen-bond donors (Lipinski definition) is 2. The van der Waals surface area contributed by atoms with E-state index in [1.165, 1.54) is 25.5 Å². The topological polar surface area (TPSA) is 61.7 Å². The summed E-state index contributed by atoms with van der Waals surface area (Å²) < 4.78 is 1.78. The summed E-state index contributed by atoms with van der Waals surface area (Å²) in [4.78, 5) is 11.6. The van der Waals surface area contributed by atoms with Crippen LogP contribution in [0.3, 0.4) is 0 Å². The predicted octanol–water partition coefficient (Wildman–Crippen LogP) is 4.41. The maximum atomic E-state index is 11.6. The number of halogens is 2. The van der Waals surface area contributed by atoms with E-state index in [-0.39, 0.29) is 11.7 Å². The molecular weight excluding hydrogens is 494 g/mol. The first-order chi connectivity index (χ1) is 10.0. The van der Waals surface area contributed by atoms with Crippen LogP contribution in [0.25, 0.3) is 0 Å². The van der Waals surface area contributed by atoms with Crippen LogP contribution in [-0.4, -0.2) is 17.2 Å². The summed E-state index contributed by atoms with van der Waals surface area (Å²) in [5.41, 5.74) is 3.11. The van der Waals surface area contributed by atoms with Crippen molar-refractivity contribution in [3.05, 3.63) is 24.8 Å². The van der Waals surface area contributed by atoms with E-state index in [1.807, 2.05) is 12.1 Å². The second-order valence-electron chi connectivity index (χ2n) is 4.78. The van der Waals surface area contributed by atoms with E-state index in [0.717, 1.165) is 20.0 Å². The van der Waals surface area contributed by atoms with E-state index in [9.17, 15) is 9.90 Å². The summed E-state index contributed by atoms with van der Waals surface area (Å²) in [5, 5.41) is 13.8. The first kappa shape index (κ1) is 18.7. The standard InChI is InChI=1S/C15H20I2N2O2/c1-2-3-4-5-6-7-14(20)19-18-10-11-8-12(16)9-13(17)15(11)21/h8-10,21H,2-7H2,1H3,(H,19,20). The molecule has 6 heteroatoms. The summed E-state index contributed by atoms with van der Waals surface area (Å²) in [6.07, 6.45) is 7.57. The van der Waals surface area contributed by atoms with Gasteiger partial charge in [-0.15, -0.1) is 0 Å². The fourth-order valence-electron chi connectivity index (χ4n) is 1.80. The number of hydrogen-bond acceptors (Lipinski definition) is 3. The molecule has 0 aliphatic rings. The minimum absolute atomic E-state index is 0.0810. The van der Waals surface area contributed by atoms with Crippen LogP contribution >= 0.6 is 45.2 Å².